The maximum Gasteiger partial charge on any atom is 0.242 e. The van der Waals surface area contributed by atoms with Crippen molar-refractivity contribution in [1.82, 2.24) is 9.88 Å². The Morgan fingerprint density at radius 2 is 2.20 bits per heavy atom. The lowest BCUT2D eigenvalue weighted by Gasteiger charge is -2.25. The predicted molar refractivity (Wildman–Crippen MR) is 78.6 cm³/mol. The lowest BCUT2D eigenvalue weighted by atomic mass is 10.2. The summed E-state index contributed by atoms with van der Waals surface area (Å²) < 4.78 is 9.93. The van der Waals surface area contributed by atoms with Crippen LogP contribution in [-0.2, 0) is 20.8 Å². The Balaban J connectivity index is 0.00000361. The van der Waals surface area contributed by atoms with Gasteiger partial charge in [-0.05, 0) is 11.6 Å². The molecule has 1 heterocycles. The van der Waals surface area contributed by atoms with E-state index in [4.69, 9.17) is 15.2 Å². The molecule has 1 unspecified atom stereocenters. The normalized spacial score (nSPS) is 11.6. The molecule has 0 radical (unpaired) electrons. The van der Waals surface area contributed by atoms with Gasteiger partial charge < -0.3 is 20.1 Å². The number of aromatic nitrogens is 1. The minimum atomic E-state index is -0.654. The van der Waals surface area contributed by atoms with E-state index in [1.807, 2.05) is 12.1 Å². The van der Waals surface area contributed by atoms with Crippen LogP contribution in [0.25, 0.3) is 0 Å². The molecular weight excluding hydrogens is 282 g/mol. The van der Waals surface area contributed by atoms with Crippen LogP contribution in [-0.4, -0.2) is 55.8 Å². The van der Waals surface area contributed by atoms with E-state index in [9.17, 15) is 4.79 Å². The molecule has 1 amide bonds. The SMILES string of the molecule is COCCN(Cc1cccnc1)C(=O)C(N)COC.Cl. The average molecular weight is 304 g/mol. The van der Waals surface area contributed by atoms with Gasteiger partial charge in [0, 0.05) is 39.7 Å². The zero-order valence-electron chi connectivity index (χ0n) is 11.8. The minimum Gasteiger partial charge on any atom is -0.383 e. The summed E-state index contributed by atoms with van der Waals surface area (Å²) in [5.74, 6) is -0.150. The van der Waals surface area contributed by atoms with Crippen molar-refractivity contribution in [2.75, 3.05) is 34.0 Å². The van der Waals surface area contributed by atoms with E-state index < -0.39 is 6.04 Å². The number of rotatable bonds is 8. The van der Waals surface area contributed by atoms with Gasteiger partial charge in [0.25, 0.3) is 0 Å². The summed E-state index contributed by atoms with van der Waals surface area (Å²) >= 11 is 0. The standard InChI is InChI=1S/C13H21N3O3.ClH/c1-18-7-6-16(13(17)12(14)10-19-2)9-11-4-3-5-15-8-11;/h3-5,8,12H,6-7,9-10,14H2,1-2H3;1H. The largest absolute Gasteiger partial charge is 0.383 e. The van der Waals surface area contributed by atoms with Gasteiger partial charge in [-0.2, -0.15) is 0 Å². The molecule has 0 aliphatic heterocycles. The fourth-order valence-electron chi connectivity index (χ4n) is 1.67. The maximum atomic E-state index is 12.2. The Morgan fingerprint density at radius 1 is 1.45 bits per heavy atom. The first-order valence-corrected chi connectivity index (χ1v) is 6.10. The zero-order valence-corrected chi connectivity index (χ0v) is 12.6. The van der Waals surface area contributed by atoms with Crippen LogP contribution in [0.1, 0.15) is 5.56 Å². The molecule has 0 aromatic carbocycles. The van der Waals surface area contributed by atoms with E-state index in [1.54, 1.807) is 24.4 Å². The highest BCUT2D eigenvalue weighted by Crippen LogP contribution is 2.05. The molecule has 2 N–H and O–H groups in total. The van der Waals surface area contributed by atoms with Crippen molar-refractivity contribution in [2.45, 2.75) is 12.6 Å². The first-order valence-electron chi connectivity index (χ1n) is 6.10. The van der Waals surface area contributed by atoms with Crippen molar-refractivity contribution in [3.8, 4) is 0 Å². The minimum absolute atomic E-state index is 0. The van der Waals surface area contributed by atoms with Gasteiger partial charge in [0.15, 0.2) is 0 Å². The fourth-order valence-corrected chi connectivity index (χ4v) is 1.67. The molecule has 0 fully saturated rings. The third-order valence-corrected chi connectivity index (χ3v) is 2.64. The van der Waals surface area contributed by atoms with Crippen LogP contribution in [0, 0.1) is 0 Å². The zero-order chi connectivity index (χ0) is 14.1. The highest BCUT2D eigenvalue weighted by Gasteiger charge is 2.20. The molecular formula is C13H22ClN3O3. The van der Waals surface area contributed by atoms with Crippen LogP contribution in [0.15, 0.2) is 24.5 Å². The molecule has 1 atom stereocenters. The van der Waals surface area contributed by atoms with Crippen molar-refractivity contribution in [3.05, 3.63) is 30.1 Å². The Labute approximate surface area is 125 Å². The van der Waals surface area contributed by atoms with Crippen LogP contribution in [0.3, 0.4) is 0 Å². The van der Waals surface area contributed by atoms with Gasteiger partial charge in [-0.3, -0.25) is 9.78 Å². The second-order valence-electron chi connectivity index (χ2n) is 4.18. The summed E-state index contributed by atoms with van der Waals surface area (Å²) in [6.07, 6.45) is 3.43. The van der Waals surface area contributed by atoms with Gasteiger partial charge in [-0.25, -0.2) is 0 Å². The second-order valence-corrected chi connectivity index (χ2v) is 4.18. The summed E-state index contributed by atoms with van der Waals surface area (Å²) in [6.45, 7) is 1.62. The van der Waals surface area contributed by atoms with E-state index in [2.05, 4.69) is 4.98 Å². The number of hydrogen-bond acceptors (Lipinski definition) is 5. The number of halogens is 1. The van der Waals surface area contributed by atoms with E-state index >= 15 is 0 Å². The van der Waals surface area contributed by atoms with Crippen LogP contribution >= 0.6 is 12.4 Å². The third-order valence-electron chi connectivity index (χ3n) is 2.64. The molecule has 0 saturated heterocycles. The number of amides is 1. The first kappa shape index (κ1) is 18.8. The van der Waals surface area contributed by atoms with E-state index in [0.29, 0.717) is 19.7 Å². The number of ether oxygens (including phenoxy) is 2. The van der Waals surface area contributed by atoms with Gasteiger partial charge in [-0.15, -0.1) is 12.4 Å². The number of methoxy groups -OCH3 is 2. The van der Waals surface area contributed by atoms with Gasteiger partial charge in [0.05, 0.1) is 13.2 Å². The van der Waals surface area contributed by atoms with E-state index in [1.165, 1.54) is 7.11 Å². The second kappa shape index (κ2) is 10.6. The number of pyridine rings is 1. The Kier molecular flexibility index (Phi) is 9.92. The van der Waals surface area contributed by atoms with Crippen LogP contribution in [0.4, 0.5) is 0 Å². The Morgan fingerprint density at radius 3 is 2.75 bits per heavy atom. The number of hydrogen-bond donors (Lipinski definition) is 1. The third kappa shape index (κ3) is 6.29. The number of carbonyl (C=O) groups excluding carboxylic acids is 1. The topological polar surface area (TPSA) is 77.7 Å². The van der Waals surface area contributed by atoms with Crippen LogP contribution < -0.4 is 5.73 Å². The van der Waals surface area contributed by atoms with Crippen molar-refractivity contribution >= 4 is 18.3 Å². The number of nitrogens with two attached hydrogens (primary N) is 1. The number of nitrogens with zero attached hydrogens (tertiary/aromatic N) is 2. The van der Waals surface area contributed by atoms with Gasteiger partial charge in [0.1, 0.15) is 6.04 Å². The molecule has 7 heteroatoms. The molecule has 1 aromatic rings. The van der Waals surface area contributed by atoms with Gasteiger partial charge in [0.2, 0.25) is 5.91 Å². The molecule has 6 nitrogen and oxygen atoms in total. The van der Waals surface area contributed by atoms with Crippen molar-refractivity contribution in [3.63, 3.8) is 0 Å². The average Bonchev–Trinajstić information content (AvgIpc) is 2.44. The van der Waals surface area contributed by atoms with Crippen molar-refractivity contribution in [1.29, 1.82) is 0 Å². The Hall–Kier alpha value is -1.21. The lowest BCUT2D eigenvalue weighted by molar-refractivity contribution is -0.135. The van der Waals surface area contributed by atoms with Gasteiger partial charge >= 0.3 is 0 Å². The van der Waals surface area contributed by atoms with E-state index in [-0.39, 0.29) is 24.9 Å². The molecule has 0 aliphatic carbocycles. The van der Waals surface area contributed by atoms with Crippen molar-refractivity contribution in [2.24, 2.45) is 5.73 Å². The summed E-state index contributed by atoms with van der Waals surface area (Å²) in [6, 6.07) is 3.10. The molecule has 20 heavy (non-hydrogen) atoms. The summed E-state index contributed by atoms with van der Waals surface area (Å²) in [5, 5.41) is 0. The van der Waals surface area contributed by atoms with Crippen LogP contribution in [0.2, 0.25) is 0 Å². The first-order chi connectivity index (χ1) is 9.19. The molecule has 0 aliphatic rings. The fraction of sp³-hybridized carbons (Fsp3) is 0.538. The lowest BCUT2D eigenvalue weighted by Crippen LogP contribution is -2.46. The van der Waals surface area contributed by atoms with Gasteiger partial charge in [-0.1, -0.05) is 6.07 Å². The molecule has 0 spiro atoms. The smallest absolute Gasteiger partial charge is 0.242 e. The van der Waals surface area contributed by atoms with Crippen LogP contribution in [0.5, 0.6) is 0 Å². The molecule has 0 bridgehead atoms. The molecule has 114 valence electrons. The summed E-state index contributed by atoms with van der Waals surface area (Å²) in [4.78, 5) is 17.9. The molecule has 1 aromatic heterocycles. The Bertz CT molecular complexity index is 378. The van der Waals surface area contributed by atoms with E-state index in [0.717, 1.165) is 5.56 Å². The summed E-state index contributed by atoms with van der Waals surface area (Å²) in [5.41, 5.74) is 6.74. The number of carbonyl (C=O) groups is 1. The molecule has 0 saturated carbocycles. The quantitative estimate of drug-likeness (QED) is 0.754. The van der Waals surface area contributed by atoms with Crippen molar-refractivity contribution < 1.29 is 14.3 Å². The summed E-state index contributed by atoms with van der Waals surface area (Å²) in [7, 11) is 3.12. The highest BCUT2D eigenvalue weighted by atomic mass is 35.5. The monoisotopic (exact) mass is 303 g/mol. The maximum absolute atomic E-state index is 12.2. The molecule has 1 rings (SSSR count). The predicted octanol–water partition coefficient (Wildman–Crippen LogP) is 0.452. The highest BCUT2D eigenvalue weighted by molar-refractivity contribution is 5.85.